The van der Waals surface area contributed by atoms with Crippen LogP contribution < -0.4 is 4.74 Å². The van der Waals surface area contributed by atoms with Gasteiger partial charge >= 0.3 is 6.18 Å². The highest BCUT2D eigenvalue weighted by Crippen LogP contribution is 2.30. The fourth-order valence-electron chi connectivity index (χ4n) is 3.65. The summed E-state index contributed by atoms with van der Waals surface area (Å²) >= 11 is 9.31. The van der Waals surface area contributed by atoms with E-state index in [1.165, 1.54) is 16.8 Å². The number of benzene rings is 2. The molecule has 0 atom stereocenters. The molecule has 3 aromatic rings. The normalized spacial score (nSPS) is 14.9. The van der Waals surface area contributed by atoms with Gasteiger partial charge in [-0.2, -0.15) is 18.3 Å². The van der Waals surface area contributed by atoms with Crippen molar-refractivity contribution in [1.29, 1.82) is 0 Å². The Labute approximate surface area is 208 Å². The molecule has 0 saturated carbocycles. The van der Waals surface area contributed by atoms with Crippen LogP contribution in [0.2, 0.25) is 5.02 Å². The van der Waals surface area contributed by atoms with Gasteiger partial charge in [0.15, 0.2) is 12.4 Å². The predicted octanol–water partition coefficient (Wildman–Crippen LogP) is 5.31. The summed E-state index contributed by atoms with van der Waals surface area (Å²) in [6, 6.07) is 12.2. The predicted molar refractivity (Wildman–Crippen MR) is 125 cm³/mol. The summed E-state index contributed by atoms with van der Waals surface area (Å²) in [4.78, 5) is 16.6. The summed E-state index contributed by atoms with van der Waals surface area (Å²) in [7, 11) is 0. The summed E-state index contributed by atoms with van der Waals surface area (Å²) in [6.07, 6.45) is -2.69. The van der Waals surface area contributed by atoms with E-state index in [9.17, 15) is 18.0 Å². The maximum atomic E-state index is 12.9. The molecule has 6 nitrogen and oxygen atoms in total. The third-order valence-corrected chi connectivity index (χ3v) is 6.28. The molecule has 1 aliphatic rings. The molecule has 0 N–H and O–H groups in total. The fourth-order valence-corrected chi connectivity index (χ4v) is 4.45. The van der Waals surface area contributed by atoms with E-state index in [2.05, 4.69) is 21.0 Å². The Kier molecular flexibility index (Phi) is 7.49. The third kappa shape index (κ3) is 6.11. The second-order valence-electron chi connectivity index (χ2n) is 7.86. The number of rotatable bonds is 6. The molecule has 1 aliphatic heterocycles. The van der Waals surface area contributed by atoms with Gasteiger partial charge in [0.2, 0.25) is 0 Å². The van der Waals surface area contributed by atoms with Crippen molar-refractivity contribution in [3.8, 4) is 5.75 Å². The molecule has 0 radical (unpaired) electrons. The first-order chi connectivity index (χ1) is 16.2. The van der Waals surface area contributed by atoms with Crippen LogP contribution in [-0.4, -0.2) is 51.7 Å². The first-order valence-electron chi connectivity index (χ1n) is 10.5. The molecular formula is C23H21BrClF3N4O2. The second kappa shape index (κ2) is 10.4. The molecule has 1 amide bonds. The van der Waals surface area contributed by atoms with E-state index >= 15 is 0 Å². The monoisotopic (exact) mass is 556 g/mol. The lowest BCUT2D eigenvalue weighted by atomic mass is 10.1. The number of nitrogens with zero attached hydrogens (tertiary/aromatic N) is 4. The summed E-state index contributed by atoms with van der Waals surface area (Å²) in [5.74, 6) is 0.412. The molecule has 34 heavy (non-hydrogen) atoms. The van der Waals surface area contributed by atoms with Gasteiger partial charge in [-0.3, -0.25) is 9.69 Å². The van der Waals surface area contributed by atoms with Crippen molar-refractivity contribution in [2.75, 3.05) is 26.2 Å². The fraction of sp³-hybridized carbons (Fsp3) is 0.304. The number of alkyl halides is 3. The van der Waals surface area contributed by atoms with Crippen molar-refractivity contribution in [3.05, 3.63) is 81.0 Å². The largest absolute Gasteiger partial charge is 0.470 e. The highest BCUT2D eigenvalue weighted by atomic mass is 79.9. The smallest absolute Gasteiger partial charge is 0.416 e. The van der Waals surface area contributed by atoms with E-state index in [1.807, 2.05) is 4.90 Å². The van der Waals surface area contributed by atoms with Crippen molar-refractivity contribution >= 4 is 33.4 Å². The van der Waals surface area contributed by atoms with E-state index in [4.69, 9.17) is 16.3 Å². The number of amides is 1. The molecule has 0 bridgehead atoms. The standard InChI is InChI=1S/C23H21BrClF3N4O2/c24-19-13-18(25)4-5-21(19)34-15-32-7-6-20(29-32)22(33)31-10-8-30(9-11-31)14-16-2-1-3-17(12-16)23(26,27)28/h1-7,12-13H,8-11,14-15H2. The molecular weight excluding hydrogens is 537 g/mol. The van der Waals surface area contributed by atoms with Crippen LogP contribution in [0.25, 0.3) is 0 Å². The van der Waals surface area contributed by atoms with Crippen LogP contribution in [0.4, 0.5) is 13.2 Å². The molecule has 0 spiro atoms. The molecule has 0 aliphatic carbocycles. The van der Waals surface area contributed by atoms with Crippen molar-refractivity contribution in [2.45, 2.75) is 19.5 Å². The number of halogens is 5. The maximum Gasteiger partial charge on any atom is 0.416 e. The molecule has 2 aromatic carbocycles. The number of carbonyl (C=O) groups excluding carboxylic acids is 1. The Morgan fingerprint density at radius 2 is 1.85 bits per heavy atom. The second-order valence-corrected chi connectivity index (χ2v) is 9.15. The van der Waals surface area contributed by atoms with Gasteiger partial charge in [-0.05, 0) is 51.8 Å². The topological polar surface area (TPSA) is 50.6 Å². The van der Waals surface area contributed by atoms with Gasteiger partial charge in [-0.1, -0.05) is 29.8 Å². The molecule has 2 heterocycles. The minimum Gasteiger partial charge on any atom is -0.470 e. The van der Waals surface area contributed by atoms with Gasteiger partial charge in [-0.25, -0.2) is 4.68 Å². The average molecular weight is 558 g/mol. The van der Waals surface area contributed by atoms with E-state index in [-0.39, 0.29) is 12.6 Å². The van der Waals surface area contributed by atoms with Gasteiger partial charge in [0.05, 0.1) is 10.0 Å². The van der Waals surface area contributed by atoms with Crippen LogP contribution in [-0.2, 0) is 19.5 Å². The molecule has 1 saturated heterocycles. The van der Waals surface area contributed by atoms with Gasteiger partial charge in [-0.15, -0.1) is 0 Å². The van der Waals surface area contributed by atoms with E-state index in [0.717, 1.165) is 6.07 Å². The van der Waals surface area contributed by atoms with Crippen LogP contribution >= 0.6 is 27.5 Å². The number of hydrogen-bond acceptors (Lipinski definition) is 4. The molecule has 180 valence electrons. The minimum atomic E-state index is -4.36. The zero-order valence-electron chi connectivity index (χ0n) is 17.9. The lowest BCUT2D eigenvalue weighted by Gasteiger charge is -2.34. The zero-order chi connectivity index (χ0) is 24.3. The van der Waals surface area contributed by atoms with E-state index < -0.39 is 11.7 Å². The summed E-state index contributed by atoms with van der Waals surface area (Å²) in [6.45, 7) is 2.60. The average Bonchev–Trinajstić information content (AvgIpc) is 3.27. The number of piperazine rings is 1. The highest BCUT2D eigenvalue weighted by molar-refractivity contribution is 9.10. The molecule has 11 heteroatoms. The first kappa shape index (κ1) is 24.6. The SMILES string of the molecule is O=C(c1ccn(COc2ccc(Cl)cc2Br)n1)N1CCN(Cc2cccc(C(F)(F)F)c2)CC1. The van der Waals surface area contributed by atoms with Crippen LogP contribution in [0, 0.1) is 0 Å². The highest BCUT2D eigenvalue weighted by Gasteiger charge is 2.30. The Hall–Kier alpha value is -2.56. The summed E-state index contributed by atoms with van der Waals surface area (Å²) in [5.41, 5.74) is 0.257. The van der Waals surface area contributed by atoms with Crippen molar-refractivity contribution in [3.63, 3.8) is 0 Å². The zero-order valence-corrected chi connectivity index (χ0v) is 20.3. The lowest BCUT2D eigenvalue weighted by molar-refractivity contribution is -0.137. The molecule has 1 aromatic heterocycles. The van der Waals surface area contributed by atoms with Gasteiger partial charge in [0.1, 0.15) is 5.75 Å². The molecule has 1 fully saturated rings. The van der Waals surface area contributed by atoms with Crippen molar-refractivity contribution in [2.24, 2.45) is 0 Å². The lowest BCUT2D eigenvalue weighted by Crippen LogP contribution is -2.48. The van der Waals surface area contributed by atoms with Crippen molar-refractivity contribution < 1.29 is 22.7 Å². The maximum absolute atomic E-state index is 12.9. The van der Waals surface area contributed by atoms with Crippen molar-refractivity contribution in [1.82, 2.24) is 19.6 Å². The Morgan fingerprint density at radius 3 is 2.56 bits per heavy atom. The Morgan fingerprint density at radius 1 is 1.09 bits per heavy atom. The third-order valence-electron chi connectivity index (χ3n) is 5.43. The minimum absolute atomic E-state index is 0.123. The number of aromatic nitrogens is 2. The van der Waals surface area contributed by atoms with E-state index in [0.29, 0.717) is 59.2 Å². The summed E-state index contributed by atoms with van der Waals surface area (Å²) in [5, 5.41) is 4.89. The quantitative estimate of drug-likeness (QED) is 0.412. The number of carbonyl (C=O) groups is 1. The first-order valence-corrected chi connectivity index (χ1v) is 11.7. The van der Waals surface area contributed by atoms with Crippen LogP contribution in [0.1, 0.15) is 21.6 Å². The summed E-state index contributed by atoms with van der Waals surface area (Å²) < 4.78 is 46.8. The van der Waals surface area contributed by atoms with Crippen LogP contribution in [0.5, 0.6) is 5.75 Å². The van der Waals surface area contributed by atoms with Crippen LogP contribution in [0.3, 0.4) is 0 Å². The Balaban J connectivity index is 1.29. The Bertz CT molecular complexity index is 1160. The molecule has 0 unspecified atom stereocenters. The van der Waals surface area contributed by atoms with Gasteiger partial charge < -0.3 is 9.64 Å². The number of ether oxygens (including phenoxy) is 1. The number of hydrogen-bond donors (Lipinski definition) is 0. The van der Waals surface area contributed by atoms with E-state index in [1.54, 1.807) is 41.4 Å². The van der Waals surface area contributed by atoms with Gasteiger partial charge in [0.25, 0.3) is 5.91 Å². The van der Waals surface area contributed by atoms with Crippen LogP contribution in [0.15, 0.2) is 59.2 Å². The van der Waals surface area contributed by atoms with Gasteiger partial charge in [0, 0.05) is 43.9 Å². The molecule has 4 rings (SSSR count).